The van der Waals surface area contributed by atoms with Crippen LogP contribution in [-0.2, 0) is 14.9 Å². The molecular formula is C19H31N3O3S. The maximum Gasteiger partial charge on any atom is 0.221 e. The van der Waals surface area contributed by atoms with Crippen molar-refractivity contribution in [2.24, 2.45) is 0 Å². The largest absolute Gasteiger partial charge is 0.378 e. The predicted molar refractivity (Wildman–Crippen MR) is 105 cm³/mol. The number of sulfonamides is 1. The fourth-order valence-electron chi connectivity index (χ4n) is 4.11. The zero-order valence-electron chi connectivity index (χ0n) is 16.3. The van der Waals surface area contributed by atoms with Crippen LogP contribution < -0.4 is 4.90 Å². The van der Waals surface area contributed by atoms with E-state index in [1.807, 2.05) is 50.3 Å². The highest BCUT2D eigenvalue weighted by molar-refractivity contribution is 7.89. The van der Waals surface area contributed by atoms with E-state index < -0.39 is 15.3 Å². The normalized spacial score (nSPS) is 25.7. The first-order valence-corrected chi connectivity index (χ1v) is 10.9. The van der Waals surface area contributed by atoms with Crippen LogP contribution in [0, 0.1) is 0 Å². The molecule has 1 aromatic carbocycles. The van der Waals surface area contributed by atoms with Gasteiger partial charge in [-0.25, -0.2) is 12.7 Å². The summed E-state index contributed by atoms with van der Waals surface area (Å²) in [6, 6.07) is 7.90. The van der Waals surface area contributed by atoms with E-state index in [1.165, 1.54) is 6.42 Å². The zero-order chi connectivity index (χ0) is 18.9. The fourth-order valence-corrected chi connectivity index (χ4v) is 6.05. The Morgan fingerprint density at radius 3 is 2.23 bits per heavy atom. The molecule has 6 nitrogen and oxygen atoms in total. The van der Waals surface area contributed by atoms with Crippen LogP contribution in [0.3, 0.4) is 0 Å². The summed E-state index contributed by atoms with van der Waals surface area (Å²) in [6.07, 6.45) is 5.35. The Morgan fingerprint density at radius 2 is 1.65 bits per heavy atom. The van der Waals surface area contributed by atoms with Gasteiger partial charge in [0.15, 0.2) is 0 Å². The van der Waals surface area contributed by atoms with Gasteiger partial charge in [0, 0.05) is 39.9 Å². The molecule has 2 fully saturated rings. The average molecular weight is 382 g/mol. The Bertz CT molecular complexity index is 699. The van der Waals surface area contributed by atoms with Crippen molar-refractivity contribution in [2.45, 2.75) is 49.4 Å². The number of hydrogen-bond acceptors (Lipinski definition) is 5. The van der Waals surface area contributed by atoms with Crippen molar-refractivity contribution >= 4 is 15.7 Å². The van der Waals surface area contributed by atoms with Gasteiger partial charge in [-0.3, -0.25) is 4.84 Å². The first-order chi connectivity index (χ1) is 12.3. The number of hydroxylamine groups is 2. The summed E-state index contributed by atoms with van der Waals surface area (Å²) in [4.78, 5) is 7.68. The van der Waals surface area contributed by atoms with Gasteiger partial charge in [-0.05, 0) is 30.5 Å². The van der Waals surface area contributed by atoms with Gasteiger partial charge in [0.1, 0.15) is 5.25 Å². The lowest BCUT2D eigenvalue weighted by molar-refractivity contribution is -0.110. The summed E-state index contributed by atoms with van der Waals surface area (Å²) in [5.74, 6) is 0. The molecule has 1 saturated carbocycles. The highest BCUT2D eigenvalue weighted by Gasteiger charge is 2.46. The van der Waals surface area contributed by atoms with Crippen LogP contribution in [0.1, 0.15) is 43.7 Å². The molecule has 0 radical (unpaired) electrons. The van der Waals surface area contributed by atoms with Gasteiger partial charge in [0.25, 0.3) is 0 Å². The molecule has 1 heterocycles. The molecule has 0 aromatic heterocycles. The van der Waals surface area contributed by atoms with Crippen molar-refractivity contribution in [1.82, 2.24) is 9.37 Å². The first kappa shape index (κ1) is 19.6. The molecule has 7 heteroatoms. The summed E-state index contributed by atoms with van der Waals surface area (Å²) in [5, 5.41) is 1.12. The molecule has 0 spiro atoms. The molecule has 1 saturated heterocycles. The summed E-state index contributed by atoms with van der Waals surface area (Å²) in [6.45, 7) is 0.204. The second-order valence-corrected chi connectivity index (χ2v) is 9.88. The van der Waals surface area contributed by atoms with Gasteiger partial charge in [-0.1, -0.05) is 31.4 Å². The number of hydrogen-bond donors (Lipinski definition) is 0. The maximum atomic E-state index is 13.3. The van der Waals surface area contributed by atoms with E-state index in [0.29, 0.717) is 0 Å². The van der Waals surface area contributed by atoms with Crippen LogP contribution in [0.5, 0.6) is 0 Å². The van der Waals surface area contributed by atoms with Crippen LogP contribution in [0.4, 0.5) is 5.69 Å². The molecule has 0 amide bonds. The van der Waals surface area contributed by atoms with E-state index in [-0.39, 0.29) is 18.7 Å². The van der Waals surface area contributed by atoms with Crippen molar-refractivity contribution in [3.05, 3.63) is 29.8 Å². The van der Waals surface area contributed by atoms with Gasteiger partial charge in [0.05, 0.1) is 12.6 Å². The van der Waals surface area contributed by atoms with Crippen LogP contribution in [0.15, 0.2) is 24.3 Å². The summed E-state index contributed by atoms with van der Waals surface area (Å²) in [7, 11) is 4.11. The molecule has 0 N–H and O–H groups in total. The van der Waals surface area contributed by atoms with Crippen molar-refractivity contribution in [3.63, 3.8) is 0 Å². The lowest BCUT2D eigenvalue weighted by Gasteiger charge is -2.33. The number of anilines is 1. The summed E-state index contributed by atoms with van der Waals surface area (Å²) in [5.41, 5.74) is 2.07. The van der Waals surface area contributed by atoms with E-state index in [2.05, 4.69) is 0 Å². The van der Waals surface area contributed by atoms with Gasteiger partial charge < -0.3 is 4.90 Å². The number of nitrogens with zero attached hydrogens (tertiary/aromatic N) is 3. The highest BCUT2D eigenvalue weighted by atomic mass is 32.2. The molecule has 146 valence electrons. The summed E-state index contributed by atoms with van der Waals surface area (Å²) >= 11 is 0. The van der Waals surface area contributed by atoms with Crippen molar-refractivity contribution in [3.8, 4) is 0 Å². The Morgan fingerprint density at radius 1 is 1.04 bits per heavy atom. The maximum absolute atomic E-state index is 13.3. The standard InChI is InChI=1S/C19H31N3O3S/c1-20(2)16-12-10-15(11-13-16)19-18(14-25-21(19)3)26(23,24)22(4)17-8-6-5-7-9-17/h10-13,17-19H,5-9,14H2,1-4H3/t18-,19+/m0/s1. The second kappa shape index (κ2) is 7.84. The highest BCUT2D eigenvalue weighted by Crippen LogP contribution is 2.36. The lowest BCUT2D eigenvalue weighted by Crippen LogP contribution is -2.45. The Kier molecular flexibility index (Phi) is 5.91. The minimum Gasteiger partial charge on any atom is -0.378 e. The lowest BCUT2D eigenvalue weighted by atomic mass is 9.96. The third-order valence-corrected chi connectivity index (χ3v) is 8.07. The molecule has 1 aliphatic heterocycles. The van der Waals surface area contributed by atoms with E-state index >= 15 is 0 Å². The first-order valence-electron chi connectivity index (χ1n) is 9.42. The van der Waals surface area contributed by atoms with E-state index in [9.17, 15) is 8.42 Å². The van der Waals surface area contributed by atoms with Gasteiger partial charge in [-0.15, -0.1) is 0 Å². The third kappa shape index (κ3) is 3.76. The molecule has 3 rings (SSSR count). The van der Waals surface area contributed by atoms with Gasteiger partial charge >= 0.3 is 0 Å². The van der Waals surface area contributed by atoms with Crippen LogP contribution in [0.25, 0.3) is 0 Å². The van der Waals surface area contributed by atoms with Crippen molar-refractivity contribution < 1.29 is 13.3 Å². The molecule has 2 atom stereocenters. The van der Waals surface area contributed by atoms with Gasteiger partial charge in [0.2, 0.25) is 10.0 Å². The monoisotopic (exact) mass is 381 g/mol. The van der Waals surface area contributed by atoms with Crippen molar-refractivity contribution in [2.75, 3.05) is 39.7 Å². The quantitative estimate of drug-likeness (QED) is 0.785. The SMILES string of the molecule is CN(C)c1ccc([C@@H]2[C@@H](S(=O)(=O)N(C)C3CCCCC3)CON2C)cc1. The van der Waals surface area contributed by atoms with Crippen molar-refractivity contribution in [1.29, 1.82) is 0 Å². The second-order valence-electron chi connectivity index (χ2n) is 7.66. The molecule has 0 unspecified atom stereocenters. The molecule has 1 aromatic rings. The predicted octanol–water partition coefficient (Wildman–Crippen LogP) is 2.63. The van der Waals surface area contributed by atoms with E-state index in [0.717, 1.165) is 36.9 Å². The molecule has 2 aliphatic rings. The fraction of sp³-hybridized carbons (Fsp3) is 0.684. The Labute approximate surface area is 157 Å². The topological polar surface area (TPSA) is 53.1 Å². The minimum absolute atomic E-state index is 0.122. The van der Waals surface area contributed by atoms with E-state index in [1.54, 1.807) is 16.4 Å². The number of rotatable bonds is 5. The third-order valence-electron chi connectivity index (χ3n) is 5.81. The molecule has 1 aliphatic carbocycles. The number of benzene rings is 1. The van der Waals surface area contributed by atoms with Crippen LogP contribution in [0.2, 0.25) is 0 Å². The molecule has 0 bridgehead atoms. The minimum atomic E-state index is -3.44. The van der Waals surface area contributed by atoms with Crippen LogP contribution >= 0.6 is 0 Å². The average Bonchev–Trinajstić information content (AvgIpc) is 3.04. The summed E-state index contributed by atoms with van der Waals surface area (Å²) < 4.78 is 28.3. The smallest absolute Gasteiger partial charge is 0.221 e. The Balaban J connectivity index is 1.85. The van der Waals surface area contributed by atoms with E-state index in [4.69, 9.17) is 4.84 Å². The molecule has 26 heavy (non-hydrogen) atoms. The van der Waals surface area contributed by atoms with Crippen LogP contribution in [-0.4, -0.2) is 63.9 Å². The Hall–Kier alpha value is -1.15. The zero-order valence-corrected chi connectivity index (χ0v) is 17.1. The molecular weight excluding hydrogens is 350 g/mol. The van der Waals surface area contributed by atoms with Gasteiger partial charge in [-0.2, -0.15) is 5.06 Å².